The van der Waals surface area contributed by atoms with Crippen LogP contribution in [0.25, 0.3) is 5.65 Å². The summed E-state index contributed by atoms with van der Waals surface area (Å²) >= 11 is 0. The van der Waals surface area contributed by atoms with Gasteiger partial charge in [-0.05, 0) is 49.8 Å². The Morgan fingerprint density at radius 2 is 2.00 bits per heavy atom. The fourth-order valence-corrected chi connectivity index (χ4v) is 4.34. The van der Waals surface area contributed by atoms with Crippen LogP contribution in [0.5, 0.6) is 0 Å². The lowest BCUT2D eigenvalue weighted by Crippen LogP contribution is -2.41. The summed E-state index contributed by atoms with van der Waals surface area (Å²) in [6.45, 7) is 6.04. The molecular weight excluding hydrogens is 367 g/mol. The summed E-state index contributed by atoms with van der Waals surface area (Å²) in [4.78, 5) is 17.6. The maximum Gasteiger partial charge on any atom is 0.256 e. The van der Waals surface area contributed by atoms with E-state index >= 15 is 0 Å². The van der Waals surface area contributed by atoms with Crippen molar-refractivity contribution in [1.29, 1.82) is 0 Å². The Morgan fingerprint density at radius 3 is 2.76 bits per heavy atom. The second-order valence-corrected chi connectivity index (χ2v) is 8.16. The molecule has 5 nitrogen and oxygen atoms in total. The Labute approximate surface area is 170 Å². The van der Waals surface area contributed by atoms with Crippen LogP contribution in [-0.2, 0) is 6.42 Å². The van der Waals surface area contributed by atoms with Crippen LogP contribution in [0.3, 0.4) is 0 Å². The molecule has 1 fully saturated rings. The monoisotopic (exact) mass is 394 g/mol. The molecule has 0 bridgehead atoms. The zero-order chi connectivity index (χ0) is 20.5. The Morgan fingerprint density at radius 1 is 1.24 bits per heavy atom. The third kappa shape index (κ3) is 3.76. The Kier molecular flexibility index (Phi) is 5.35. The lowest BCUT2D eigenvalue weighted by atomic mass is 9.86. The molecule has 3 aromatic rings. The normalized spacial score (nSPS) is 19.4. The van der Waals surface area contributed by atoms with Crippen molar-refractivity contribution in [1.82, 2.24) is 19.9 Å². The van der Waals surface area contributed by atoms with Gasteiger partial charge in [-0.15, -0.1) is 0 Å². The van der Waals surface area contributed by atoms with Gasteiger partial charge in [-0.2, -0.15) is 5.10 Å². The number of aryl methyl sites for hydroxylation is 2. The standard InChI is InChI=1S/C23H27FN4O/c1-14-8-4-7-11-21(14)27-23(29)19-13-25-28-16(3)18(15(2)26-22(19)28)12-17-9-5-6-10-20(17)24/h5-6,9-10,13-14,21H,4,7-8,11-12H2,1-3H3,(H,27,29)/t14-,21+/m0/s1. The van der Waals surface area contributed by atoms with Gasteiger partial charge in [0, 0.05) is 23.9 Å². The topological polar surface area (TPSA) is 59.3 Å². The predicted molar refractivity (Wildman–Crippen MR) is 111 cm³/mol. The van der Waals surface area contributed by atoms with Crippen molar-refractivity contribution >= 4 is 11.6 Å². The number of rotatable bonds is 4. The molecule has 1 aromatic carbocycles. The molecule has 1 aliphatic rings. The van der Waals surface area contributed by atoms with E-state index < -0.39 is 0 Å². The number of nitrogens with one attached hydrogen (secondary N) is 1. The van der Waals surface area contributed by atoms with Gasteiger partial charge in [0.05, 0.1) is 6.20 Å². The van der Waals surface area contributed by atoms with Gasteiger partial charge in [-0.3, -0.25) is 4.79 Å². The van der Waals surface area contributed by atoms with E-state index in [0.717, 1.165) is 36.2 Å². The Balaban J connectivity index is 1.65. The van der Waals surface area contributed by atoms with Gasteiger partial charge in [0.1, 0.15) is 11.4 Å². The van der Waals surface area contributed by atoms with Crippen molar-refractivity contribution in [2.24, 2.45) is 5.92 Å². The molecule has 152 valence electrons. The van der Waals surface area contributed by atoms with Crippen molar-refractivity contribution in [2.45, 2.75) is 58.9 Å². The van der Waals surface area contributed by atoms with Crippen LogP contribution < -0.4 is 5.32 Å². The molecule has 2 heterocycles. The van der Waals surface area contributed by atoms with E-state index in [9.17, 15) is 9.18 Å². The largest absolute Gasteiger partial charge is 0.349 e. The number of nitrogens with zero attached hydrogens (tertiary/aromatic N) is 3. The van der Waals surface area contributed by atoms with E-state index in [1.54, 1.807) is 22.8 Å². The minimum atomic E-state index is -0.228. The Bertz CT molecular complexity index is 1060. The average molecular weight is 394 g/mol. The van der Waals surface area contributed by atoms with E-state index in [1.165, 1.54) is 12.5 Å². The number of amides is 1. The first-order valence-electron chi connectivity index (χ1n) is 10.3. The van der Waals surface area contributed by atoms with Crippen LogP contribution in [0.2, 0.25) is 0 Å². The van der Waals surface area contributed by atoms with Crippen molar-refractivity contribution in [2.75, 3.05) is 0 Å². The SMILES string of the molecule is Cc1nc2c(C(=O)N[C@@H]3CCCC[C@@H]3C)cnn2c(C)c1Cc1ccccc1F. The van der Waals surface area contributed by atoms with Crippen LogP contribution in [0, 0.1) is 25.6 Å². The summed E-state index contributed by atoms with van der Waals surface area (Å²) < 4.78 is 15.8. The van der Waals surface area contributed by atoms with E-state index in [-0.39, 0.29) is 17.8 Å². The number of carbonyl (C=O) groups is 1. The quantitative estimate of drug-likeness (QED) is 0.714. The third-order valence-corrected chi connectivity index (χ3v) is 6.21. The first kappa shape index (κ1) is 19.6. The minimum absolute atomic E-state index is 0.119. The molecule has 1 saturated carbocycles. The van der Waals surface area contributed by atoms with Gasteiger partial charge in [0.25, 0.3) is 5.91 Å². The highest BCUT2D eigenvalue weighted by atomic mass is 19.1. The van der Waals surface area contributed by atoms with Crippen molar-refractivity contribution in [3.63, 3.8) is 0 Å². The summed E-state index contributed by atoms with van der Waals surface area (Å²) in [5.41, 5.74) is 4.26. The number of hydrogen-bond donors (Lipinski definition) is 1. The van der Waals surface area contributed by atoms with Crippen molar-refractivity contribution in [3.05, 3.63) is 64.4 Å². The molecule has 1 aliphatic carbocycles. The van der Waals surface area contributed by atoms with E-state index in [0.29, 0.717) is 29.1 Å². The van der Waals surface area contributed by atoms with Gasteiger partial charge in [-0.1, -0.05) is 38.0 Å². The van der Waals surface area contributed by atoms with Crippen molar-refractivity contribution < 1.29 is 9.18 Å². The van der Waals surface area contributed by atoms with Crippen LogP contribution in [-0.4, -0.2) is 26.5 Å². The van der Waals surface area contributed by atoms with Crippen LogP contribution >= 0.6 is 0 Å². The molecule has 0 saturated heterocycles. The molecule has 2 aromatic heterocycles. The fourth-order valence-electron chi connectivity index (χ4n) is 4.34. The van der Waals surface area contributed by atoms with Gasteiger partial charge >= 0.3 is 0 Å². The van der Waals surface area contributed by atoms with Gasteiger partial charge in [0.2, 0.25) is 0 Å². The molecule has 2 atom stereocenters. The summed E-state index contributed by atoms with van der Waals surface area (Å²) in [7, 11) is 0. The molecule has 29 heavy (non-hydrogen) atoms. The zero-order valence-electron chi connectivity index (χ0n) is 17.2. The summed E-state index contributed by atoms with van der Waals surface area (Å²) in [6.07, 6.45) is 6.58. The smallest absolute Gasteiger partial charge is 0.256 e. The van der Waals surface area contributed by atoms with Crippen LogP contribution in [0.1, 0.15) is 65.5 Å². The minimum Gasteiger partial charge on any atom is -0.349 e. The average Bonchev–Trinajstić information content (AvgIpc) is 3.12. The van der Waals surface area contributed by atoms with E-state index in [2.05, 4.69) is 22.3 Å². The lowest BCUT2D eigenvalue weighted by Gasteiger charge is -2.29. The van der Waals surface area contributed by atoms with Gasteiger partial charge < -0.3 is 5.32 Å². The summed E-state index contributed by atoms with van der Waals surface area (Å²) in [6, 6.07) is 6.97. The van der Waals surface area contributed by atoms with Gasteiger partial charge in [0.15, 0.2) is 5.65 Å². The molecular formula is C23H27FN4O. The second-order valence-electron chi connectivity index (χ2n) is 8.16. The number of benzene rings is 1. The van der Waals surface area contributed by atoms with Crippen molar-refractivity contribution in [3.8, 4) is 0 Å². The highest BCUT2D eigenvalue weighted by Gasteiger charge is 2.25. The lowest BCUT2D eigenvalue weighted by molar-refractivity contribution is 0.0911. The number of hydrogen-bond acceptors (Lipinski definition) is 3. The summed E-state index contributed by atoms with van der Waals surface area (Å²) in [5, 5.41) is 7.60. The van der Waals surface area contributed by atoms with Gasteiger partial charge in [-0.25, -0.2) is 13.9 Å². The van der Waals surface area contributed by atoms with E-state index in [1.807, 2.05) is 19.9 Å². The second kappa shape index (κ2) is 7.93. The fraction of sp³-hybridized carbons (Fsp3) is 0.435. The highest BCUT2D eigenvalue weighted by molar-refractivity contribution is 5.99. The third-order valence-electron chi connectivity index (χ3n) is 6.21. The maximum atomic E-state index is 14.1. The van der Waals surface area contributed by atoms with E-state index in [4.69, 9.17) is 0 Å². The number of aromatic nitrogens is 3. The molecule has 1 amide bonds. The molecule has 0 radical (unpaired) electrons. The summed E-state index contributed by atoms with van der Waals surface area (Å²) in [5.74, 6) is 0.138. The first-order valence-corrected chi connectivity index (χ1v) is 10.3. The number of fused-ring (bicyclic) bond motifs is 1. The maximum absolute atomic E-state index is 14.1. The number of carbonyl (C=O) groups excluding carboxylic acids is 1. The highest BCUT2D eigenvalue weighted by Crippen LogP contribution is 2.25. The molecule has 1 N–H and O–H groups in total. The molecule has 0 spiro atoms. The first-order chi connectivity index (χ1) is 14.0. The zero-order valence-corrected chi connectivity index (χ0v) is 17.2. The predicted octanol–water partition coefficient (Wildman–Crippen LogP) is 4.38. The van der Waals surface area contributed by atoms with Crippen LogP contribution in [0.4, 0.5) is 4.39 Å². The molecule has 0 aliphatic heterocycles. The number of halogens is 1. The van der Waals surface area contributed by atoms with Crippen LogP contribution in [0.15, 0.2) is 30.5 Å². The Hall–Kier alpha value is -2.76. The molecule has 6 heteroatoms. The molecule has 0 unspecified atom stereocenters. The molecule has 4 rings (SSSR count).